The zero-order valence-corrected chi connectivity index (χ0v) is 15.7. The summed E-state index contributed by atoms with van der Waals surface area (Å²) in [5, 5.41) is 0. The second-order valence-corrected chi connectivity index (χ2v) is 8.04. The van der Waals surface area contributed by atoms with Gasteiger partial charge in [0.25, 0.3) is 0 Å². The van der Waals surface area contributed by atoms with Gasteiger partial charge in [0.15, 0.2) is 0 Å². The average Bonchev–Trinajstić information content (AvgIpc) is 2.53. The fourth-order valence-corrected chi connectivity index (χ4v) is 2.94. The van der Waals surface area contributed by atoms with Gasteiger partial charge in [0.05, 0.1) is 16.7 Å². The summed E-state index contributed by atoms with van der Waals surface area (Å²) >= 11 is -0.00158. The molecule has 0 aliphatic rings. The first-order valence-electron chi connectivity index (χ1n) is 7.57. The van der Waals surface area contributed by atoms with E-state index in [1.165, 1.54) is 12.1 Å². The average molecular weight is 407 g/mol. The quantitative estimate of drug-likeness (QED) is 0.772. The summed E-state index contributed by atoms with van der Waals surface area (Å²) in [6.45, 7) is 1.82. The highest BCUT2D eigenvalue weighted by atomic mass is 32.2. The van der Waals surface area contributed by atoms with Crippen LogP contribution in [0.25, 0.3) is 0 Å². The van der Waals surface area contributed by atoms with E-state index >= 15 is 0 Å². The number of benzene rings is 2. The Morgan fingerprint density at radius 1 is 1.08 bits per heavy atom. The molecular weight excluding hydrogens is 387 g/mol. The third-order valence-corrected chi connectivity index (χ3v) is 4.97. The van der Waals surface area contributed by atoms with E-state index in [0.717, 1.165) is 11.1 Å². The molecule has 26 heavy (non-hydrogen) atoms. The standard InChI is InChI=1S/C10H12F3NS.C7H8O3S/c11-10(12,13)15-7-9(14)6-8-4-2-1-3-5-8;1-6-2-4-7(5-3-6)11(8,9)10/h1-5,9H,6-7,14H2;2-5H,1H3,(H,8,9,10). The molecule has 9 heteroatoms. The van der Waals surface area contributed by atoms with Crippen molar-refractivity contribution in [3.8, 4) is 0 Å². The molecule has 0 aliphatic heterocycles. The summed E-state index contributed by atoms with van der Waals surface area (Å²) in [6.07, 6.45) is 0.587. The van der Waals surface area contributed by atoms with Crippen molar-refractivity contribution >= 4 is 21.9 Å². The number of alkyl halides is 3. The lowest BCUT2D eigenvalue weighted by Crippen LogP contribution is -2.63. The van der Waals surface area contributed by atoms with E-state index in [-0.39, 0.29) is 28.5 Å². The van der Waals surface area contributed by atoms with E-state index in [0.29, 0.717) is 6.42 Å². The van der Waals surface area contributed by atoms with Crippen LogP contribution in [0.2, 0.25) is 0 Å². The molecule has 2 rings (SSSR count). The van der Waals surface area contributed by atoms with Gasteiger partial charge in [-0.3, -0.25) is 0 Å². The minimum atomic E-state index is -4.27. The number of aryl methyl sites for hydroxylation is 1. The Morgan fingerprint density at radius 2 is 1.62 bits per heavy atom. The van der Waals surface area contributed by atoms with Crippen LogP contribution in [0.5, 0.6) is 0 Å². The molecule has 0 heterocycles. The van der Waals surface area contributed by atoms with Crippen LogP contribution in [0.15, 0.2) is 59.5 Å². The number of thioether (sulfide) groups is 1. The monoisotopic (exact) mass is 407 g/mol. The summed E-state index contributed by atoms with van der Waals surface area (Å²) in [5.74, 6) is 0.0123. The first kappa shape index (κ1) is 22.5. The van der Waals surface area contributed by atoms with Crippen LogP contribution in [-0.4, -0.2) is 30.3 Å². The summed E-state index contributed by atoms with van der Waals surface area (Å²) in [5.41, 5.74) is 1.53. The Hall–Kier alpha value is -1.55. The van der Waals surface area contributed by atoms with E-state index in [2.05, 4.69) is 5.73 Å². The third-order valence-electron chi connectivity index (χ3n) is 3.16. The molecule has 1 unspecified atom stereocenters. The van der Waals surface area contributed by atoms with Crippen molar-refractivity contribution in [3.05, 3.63) is 65.7 Å². The van der Waals surface area contributed by atoms with E-state index in [1.807, 2.05) is 37.3 Å². The fraction of sp³-hybridized carbons (Fsp3) is 0.294. The third kappa shape index (κ3) is 9.81. The number of hydrogen-bond acceptors (Lipinski definition) is 4. The van der Waals surface area contributed by atoms with Crippen LogP contribution in [0.1, 0.15) is 11.1 Å². The first-order valence-corrected chi connectivity index (χ1v) is 9.97. The van der Waals surface area contributed by atoms with Crippen molar-refractivity contribution in [3.63, 3.8) is 0 Å². The molecule has 0 saturated carbocycles. The molecule has 144 valence electrons. The molecule has 0 fully saturated rings. The molecule has 0 amide bonds. The molecule has 4 nitrogen and oxygen atoms in total. The van der Waals surface area contributed by atoms with Gasteiger partial charge in [-0.15, -0.1) is 0 Å². The number of quaternary nitrogens is 1. The molecule has 3 N–H and O–H groups in total. The summed E-state index contributed by atoms with van der Waals surface area (Å²) in [6, 6.07) is 15.0. The molecule has 0 aliphatic carbocycles. The highest BCUT2D eigenvalue weighted by molar-refractivity contribution is 8.00. The maximum atomic E-state index is 11.9. The SMILES string of the molecule is Cc1ccc(S(=O)(=O)[O-])cc1.[NH3+]C(CSC(F)(F)F)Cc1ccccc1. The Kier molecular flexibility index (Phi) is 8.61. The van der Waals surface area contributed by atoms with Gasteiger partial charge in [-0.25, -0.2) is 8.42 Å². The molecule has 0 saturated heterocycles. The fourth-order valence-electron chi connectivity index (χ4n) is 1.92. The smallest absolute Gasteiger partial charge is 0.442 e. The van der Waals surface area contributed by atoms with E-state index < -0.39 is 15.6 Å². The zero-order valence-electron chi connectivity index (χ0n) is 14.1. The van der Waals surface area contributed by atoms with Gasteiger partial charge in [-0.05, 0) is 36.4 Å². The Morgan fingerprint density at radius 3 is 2.08 bits per heavy atom. The van der Waals surface area contributed by atoms with Gasteiger partial charge < -0.3 is 10.3 Å². The van der Waals surface area contributed by atoms with Crippen LogP contribution in [0, 0.1) is 6.92 Å². The Bertz CT molecular complexity index is 764. The van der Waals surface area contributed by atoms with Crippen LogP contribution in [-0.2, 0) is 16.5 Å². The molecule has 0 aromatic heterocycles. The maximum absolute atomic E-state index is 11.9. The predicted octanol–water partition coefficient (Wildman–Crippen LogP) is 2.99. The predicted molar refractivity (Wildman–Crippen MR) is 94.5 cm³/mol. The highest BCUT2D eigenvalue weighted by Gasteiger charge is 2.29. The maximum Gasteiger partial charge on any atom is 0.442 e. The molecule has 0 bridgehead atoms. The number of rotatable bonds is 5. The van der Waals surface area contributed by atoms with Crippen LogP contribution < -0.4 is 5.73 Å². The lowest BCUT2D eigenvalue weighted by molar-refractivity contribution is -0.411. The molecule has 2 aromatic rings. The Balaban J connectivity index is 0.000000273. The summed E-state index contributed by atoms with van der Waals surface area (Å²) < 4.78 is 66.8. The van der Waals surface area contributed by atoms with Gasteiger partial charge in [-0.2, -0.15) is 13.2 Å². The normalized spacial score (nSPS) is 12.8. The van der Waals surface area contributed by atoms with Gasteiger partial charge in [-0.1, -0.05) is 48.0 Å². The summed E-state index contributed by atoms with van der Waals surface area (Å²) in [4.78, 5) is -0.178. The van der Waals surface area contributed by atoms with Crippen molar-refractivity contribution < 1.29 is 31.9 Å². The second-order valence-electron chi connectivity index (χ2n) is 5.58. The molecule has 1 atom stereocenters. The minimum Gasteiger partial charge on any atom is -0.744 e. The first-order chi connectivity index (χ1) is 12.0. The zero-order chi connectivity index (χ0) is 19.8. The van der Waals surface area contributed by atoms with Gasteiger partial charge in [0.1, 0.15) is 10.1 Å². The lowest BCUT2D eigenvalue weighted by atomic mass is 10.1. The van der Waals surface area contributed by atoms with Crippen LogP contribution in [0.3, 0.4) is 0 Å². The van der Waals surface area contributed by atoms with Crippen molar-refractivity contribution in [2.24, 2.45) is 0 Å². The summed E-state index contributed by atoms with van der Waals surface area (Å²) in [7, 11) is -4.27. The van der Waals surface area contributed by atoms with E-state index in [9.17, 15) is 26.1 Å². The minimum absolute atomic E-state index is 0.00158. The van der Waals surface area contributed by atoms with Crippen molar-refractivity contribution in [1.82, 2.24) is 0 Å². The topological polar surface area (TPSA) is 84.8 Å². The second kappa shape index (κ2) is 9.96. The van der Waals surface area contributed by atoms with Gasteiger partial charge in [0.2, 0.25) is 0 Å². The number of halogens is 3. The molecule has 0 radical (unpaired) electrons. The van der Waals surface area contributed by atoms with Crippen LogP contribution in [0.4, 0.5) is 13.2 Å². The molecular formula is C17H20F3NO3S2. The largest absolute Gasteiger partial charge is 0.744 e. The Labute approximate surface area is 155 Å². The molecule has 2 aromatic carbocycles. The van der Waals surface area contributed by atoms with Crippen molar-refractivity contribution in [2.45, 2.75) is 29.8 Å². The van der Waals surface area contributed by atoms with E-state index in [1.54, 1.807) is 12.1 Å². The van der Waals surface area contributed by atoms with Crippen molar-refractivity contribution in [1.29, 1.82) is 0 Å². The van der Waals surface area contributed by atoms with Crippen LogP contribution >= 0.6 is 11.8 Å². The van der Waals surface area contributed by atoms with Gasteiger partial charge in [0, 0.05) is 6.42 Å². The highest BCUT2D eigenvalue weighted by Crippen LogP contribution is 2.30. The van der Waals surface area contributed by atoms with E-state index in [4.69, 9.17) is 0 Å². The lowest BCUT2D eigenvalue weighted by Gasteiger charge is -2.09. The number of hydrogen-bond donors (Lipinski definition) is 1. The molecule has 0 spiro atoms. The van der Waals surface area contributed by atoms with Gasteiger partial charge >= 0.3 is 5.51 Å². The van der Waals surface area contributed by atoms with Crippen molar-refractivity contribution in [2.75, 3.05) is 5.75 Å².